The summed E-state index contributed by atoms with van der Waals surface area (Å²) in [6, 6.07) is 0. The van der Waals surface area contributed by atoms with Crippen LogP contribution in [0.4, 0.5) is 0 Å². The summed E-state index contributed by atoms with van der Waals surface area (Å²) in [6.07, 6.45) is 0. The SMILES string of the molecule is CCNC(C)(C)C(=O)NCc1nn[nH]n1. The third kappa shape index (κ3) is 3.28. The average Bonchev–Trinajstić information content (AvgIpc) is 2.66. The van der Waals surface area contributed by atoms with Crippen molar-refractivity contribution >= 4 is 5.91 Å². The van der Waals surface area contributed by atoms with Gasteiger partial charge in [0.2, 0.25) is 5.91 Å². The predicted molar refractivity (Wildman–Crippen MR) is 53.8 cm³/mol. The molecule has 1 heterocycles. The molecule has 7 heteroatoms. The Labute approximate surface area is 88.0 Å². The largest absolute Gasteiger partial charge is 0.347 e. The molecule has 1 amide bonds. The lowest BCUT2D eigenvalue weighted by atomic mass is 10.0. The van der Waals surface area contributed by atoms with Gasteiger partial charge in [0.15, 0.2) is 5.82 Å². The number of hydrogen-bond donors (Lipinski definition) is 3. The molecule has 1 aromatic rings. The molecule has 0 radical (unpaired) electrons. The van der Waals surface area contributed by atoms with E-state index in [9.17, 15) is 4.79 Å². The highest BCUT2D eigenvalue weighted by Gasteiger charge is 2.25. The van der Waals surface area contributed by atoms with Crippen molar-refractivity contribution in [3.8, 4) is 0 Å². The summed E-state index contributed by atoms with van der Waals surface area (Å²) in [6.45, 7) is 6.62. The number of H-pyrrole nitrogens is 1. The lowest BCUT2D eigenvalue weighted by Crippen LogP contribution is -2.52. The highest BCUT2D eigenvalue weighted by molar-refractivity contribution is 5.85. The van der Waals surface area contributed by atoms with Gasteiger partial charge < -0.3 is 10.6 Å². The normalized spacial score (nSPS) is 11.4. The van der Waals surface area contributed by atoms with Crippen LogP contribution >= 0.6 is 0 Å². The number of rotatable bonds is 5. The first kappa shape index (κ1) is 11.6. The van der Waals surface area contributed by atoms with Crippen LogP contribution < -0.4 is 10.6 Å². The van der Waals surface area contributed by atoms with E-state index in [1.807, 2.05) is 20.8 Å². The molecule has 0 aliphatic rings. The summed E-state index contributed by atoms with van der Waals surface area (Å²) in [5, 5.41) is 19.0. The molecule has 0 saturated carbocycles. The van der Waals surface area contributed by atoms with E-state index in [-0.39, 0.29) is 12.5 Å². The number of amides is 1. The van der Waals surface area contributed by atoms with E-state index in [4.69, 9.17) is 0 Å². The molecule has 1 aromatic heterocycles. The molecule has 3 N–H and O–H groups in total. The number of carbonyl (C=O) groups excluding carboxylic acids is 1. The maximum atomic E-state index is 11.7. The minimum atomic E-state index is -0.585. The third-order valence-electron chi connectivity index (χ3n) is 1.98. The third-order valence-corrected chi connectivity index (χ3v) is 1.98. The van der Waals surface area contributed by atoms with Crippen LogP contribution in [0.15, 0.2) is 0 Å². The van der Waals surface area contributed by atoms with Gasteiger partial charge in [0.25, 0.3) is 0 Å². The second-order valence-corrected chi connectivity index (χ2v) is 3.67. The molecule has 0 fully saturated rings. The van der Waals surface area contributed by atoms with Crippen LogP contribution in [0.25, 0.3) is 0 Å². The molecule has 0 spiro atoms. The summed E-state index contributed by atoms with van der Waals surface area (Å²) < 4.78 is 0. The van der Waals surface area contributed by atoms with Gasteiger partial charge in [-0.15, -0.1) is 10.2 Å². The first-order valence-corrected chi connectivity index (χ1v) is 4.82. The molecule has 0 unspecified atom stereocenters. The first-order valence-electron chi connectivity index (χ1n) is 4.82. The summed E-state index contributed by atoms with van der Waals surface area (Å²) >= 11 is 0. The lowest BCUT2D eigenvalue weighted by molar-refractivity contribution is -0.126. The molecule has 15 heavy (non-hydrogen) atoms. The van der Waals surface area contributed by atoms with Crippen molar-refractivity contribution in [2.75, 3.05) is 6.54 Å². The number of aromatic amines is 1. The van der Waals surface area contributed by atoms with Crippen molar-refractivity contribution in [3.05, 3.63) is 5.82 Å². The fraction of sp³-hybridized carbons (Fsp3) is 0.750. The van der Waals surface area contributed by atoms with Gasteiger partial charge in [0, 0.05) is 0 Å². The second kappa shape index (κ2) is 4.83. The second-order valence-electron chi connectivity index (χ2n) is 3.67. The summed E-state index contributed by atoms with van der Waals surface area (Å²) in [5.74, 6) is 0.379. The minimum absolute atomic E-state index is 0.0887. The number of carbonyl (C=O) groups is 1. The van der Waals surface area contributed by atoms with Crippen molar-refractivity contribution in [2.24, 2.45) is 0 Å². The smallest absolute Gasteiger partial charge is 0.240 e. The van der Waals surface area contributed by atoms with E-state index in [1.165, 1.54) is 0 Å². The van der Waals surface area contributed by atoms with Gasteiger partial charge in [0.1, 0.15) is 0 Å². The molecule has 7 nitrogen and oxygen atoms in total. The number of nitrogens with zero attached hydrogens (tertiary/aromatic N) is 3. The highest BCUT2D eigenvalue weighted by atomic mass is 16.2. The Bertz CT molecular complexity index is 307. The zero-order valence-corrected chi connectivity index (χ0v) is 9.16. The van der Waals surface area contributed by atoms with E-state index in [0.29, 0.717) is 5.82 Å². The van der Waals surface area contributed by atoms with Gasteiger partial charge in [-0.2, -0.15) is 5.21 Å². The Balaban J connectivity index is 2.42. The number of tetrazole rings is 1. The minimum Gasteiger partial charge on any atom is -0.347 e. The van der Waals surface area contributed by atoms with Crippen molar-refractivity contribution in [2.45, 2.75) is 32.9 Å². The maximum Gasteiger partial charge on any atom is 0.240 e. The zero-order chi connectivity index (χ0) is 11.3. The number of nitrogens with one attached hydrogen (secondary N) is 3. The highest BCUT2D eigenvalue weighted by Crippen LogP contribution is 2.01. The van der Waals surface area contributed by atoms with Crippen LogP contribution in [-0.4, -0.2) is 38.6 Å². The average molecular weight is 212 g/mol. The molecule has 0 aliphatic heterocycles. The van der Waals surface area contributed by atoms with Crippen LogP contribution in [0.3, 0.4) is 0 Å². The Morgan fingerprint density at radius 1 is 1.53 bits per heavy atom. The lowest BCUT2D eigenvalue weighted by Gasteiger charge is -2.23. The van der Waals surface area contributed by atoms with Crippen molar-refractivity contribution in [1.82, 2.24) is 31.3 Å². The van der Waals surface area contributed by atoms with E-state index >= 15 is 0 Å². The van der Waals surface area contributed by atoms with Crippen LogP contribution in [0.5, 0.6) is 0 Å². The number of likely N-dealkylation sites (N-methyl/N-ethyl adjacent to an activating group) is 1. The van der Waals surface area contributed by atoms with Gasteiger partial charge in [-0.25, -0.2) is 0 Å². The number of hydrogen-bond acceptors (Lipinski definition) is 5. The fourth-order valence-electron chi connectivity index (χ4n) is 1.16. The standard InChI is InChI=1S/C8H16N6O/c1-4-10-8(2,3)7(15)9-5-6-11-13-14-12-6/h10H,4-5H2,1-3H3,(H,9,15)(H,11,12,13,14). The van der Waals surface area contributed by atoms with Crippen LogP contribution in [-0.2, 0) is 11.3 Å². The van der Waals surface area contributed by atoms with E-state index in [2.05, 4.69) is 31.3 Å². The summed E-state index contributed by atoms with van der Waals surface area (Å²) in [5.41, 5.74) is -0.585. The molecule has 0 bridgehead atoms. The number of aromatic nitrogens is 4. The van der Waals surface area contributed by atoms with Gasteiger partial charge in [-0.3, -0.25) is 4.79 Å². The fourth-order valence-corrected chi connectivity index (χ4v) is 1.16. The first-order chi connectivity index (χ1) is 7.06. The van der Waals surface area contributed by atoms with Crippen LogP contribution in [0.1, 0.15) is 26.6 Å². The van der Waals surface area contributed by atoms with Crippen LogP contribution in [0, 0.1) is 0 Å². The molecule has 1 rings (SSSR count). The van der Waals surface area contributed by atoms with E-state index in [0.717, 1.165) is 6.54 Å². The molecular formula is C8H16N6O. The Kier molecular flexibility index (Phi) is 3.73. The van der Waals surface area contributed by atoms with Crippen LogP contribution in [0.2, 0.25) is 0 Å². The van der Waals surface area contributed by atoms with Crippen molar-refractivity contribution < 1.29 is 4.79 Å². The topological polar surface area (TPSA) is 95.6 Å². The Morgan fingerprint density at radius 3 is 2.80 bits per heavy atom. The monoisotopic (exact) mass is 212 g/mol. The summed E-state index contributed by atoms with van der Waals surface area (Å²) in [4.78, 5) is 11.7. The molecule has 0 aromatic carbocycles. The van der Waals surface area contributed by atoms with Gasteiger partial charge in [-0.1, -0.05) is 12.1 Å². The quantitative estimate of drug-likeness (QED) is 0.594. The zero-order valence-electron chi connectivity index (χ0n) is 9.16. The van der Waals surface area contributed by atoms with E-state index in [1.54, 1.807) is 0 Å². The maximum absolute atomic E-state index is 11.7. The molecular weight excluding hydrogens is 196 g/mol. The molecule has 0 saturated heterocycles. The van der Waals surface area contributed by atoms with Gasteiger partial charge in [0.05, 0.1) is 12.1 Å². The predicted octanol–water partition coefficient (Wildman–Crippen LogP) is -0.796. The molecule has 84 valence electrons. The summed E-state index contributed by atoms with van der Waals surface area (Å²) in [7, 11) is 0. The van der Waals surface area contributed by atoms with Gasteiger partial charge in [-0.05, 0) is 20.4 Å². The van der Waals surface area contributed by atoms with Gasteiger partial charge >= 0.3 is 0 Å². The van der Waals surface area contributed by atoms with E-state index < -0.39 is 5.54 Å². The Morgan fingerprint density at radius 2 is 2.27 bits per heavy atom. The van der Waals surface area contributed by atoms with Crippen molar-refractivity contribution in [3.63, 3.8) is 0 Å². The molecule has 0 atom stereocenters. The van der Waals surface area contributed by atoms with Crippen molar-refractivity contribution in [1.29, 1.82) is 0 Å². The molecule has 0 aliphatic carbocycles. The Hall–Kier alpha value is -1.50.